The molecule has 17 heavy (non-hydrogen) atoms. The van der Waals surface area contributed by atoms with Crippen LogP contribution in [0, 0.1) is 5.92 Å². The van der Waals surface area contributed by atoms with Gasteiger partial charge in [0.1, 0.15) is 11.6 Å². The summed E-state index contributed by atoms with van der Waals surface area (Å²) in [5.41, 5.74) is 0. The molecule has 0 heterocycles. The van der Waals surface area contributed by atoms with Crippen LogP contribution in [-0.4, -0.2) is 28.9 Å². The Morgan fingerprint density at radius 1 is 1.18 bits per heavy atom. The Labute approximate surface area is 108 Å². The molecule has 0 bridgehead atoms. The molecule has 0 amide bonds. The first-order chi connectivity index (χ1) is 7.63. The molecule has 0 aliphatic carbocycles. The van der Waals surface area contributed by atoms with Crippen molar-refractivity contribution in [2.45, 2.75) is 58.9 Å². The number of Topliss-reactive ketones (excluding diaryl/α,β-unsaturated/α-hetero) is 2. The van der Waals surface area contributed by atoms with Crippen LogP contribution in [0.4, 0.5) is 0 Å². The molecule has 0 N–H and O–H groups in total. The highest BCUT2D eigenvalue weighted by Gasteiger charge is 2.22. The first kappa shape index (κ1) is 16.7. The lowest BCUT2D eigenvalue weighted by Gasteiger charge is -2.22. The largest absolute Gasteiger partial charge is 0.456 e. The van der Waals surface area contributed by atoms with Crippen LogP contribution in [-0.2, 0) is 13.7 Å². The van der Waals surface area contributed by atoms with Crippen LogP contribution in [0.5, 0.6) is 0 Å². The molecular formula is C12H25O3Si2. The molecule has 0 rings (SSSR count). The summed E-state index contributed by atoms with van der Waals surface area (Å²) in [4.78, 5) is 22.5. The zero-order valence-electron chi connectivity index (χ0n) is 11.9. The zero-order valence-corrected chi connectivity index (χ0v) is 13.9. The number of hydrogen-bond donors (Lipinski definition) is 0. The third-order valence-corrected chi connectivity index (χ3v) is 7.38. The second kappa shape index (κ2) is 7.23. The number of ketones is 2. The topological polar surface area (TPSA) is 43.4 Å². The highest BCUT2D eigenvalue weighted by Crippen LogP contribution is 2.15. The van der Waals surface area contributed by atoms with Crippen LogP contribution in [0.2, 0.25) is 32.2 Å². The third kappa shape index (κ3) is 8.46. The van der Waals surface area contributed by atoms with E-state index in [0.717, 1.165) is 12.5 Å². The zero-order chi connectivity index (χ0) is 13.6. The van der Waals surface area contributed by atoms with E-state index in [1.165, 1.54) is 13.8 Å². The Balaban J connectivity index is 3.97. The molecule has 0 fully saturated rings. The van der Waals surface area contributed by atoms with Crippen molar-refractivity contribution in [3.63, 3.8) is 0 Å². The van der Waals surface area contributed by atoms with Crippen molar-refractivity contribution in [1.29, 1.82) is 0 Å². The summed E-state index contributed by atoms with van der Waals surface area (Å²) >= 11 is 0. The first-order valence-corrected chi connectivity index (χ1v) is 11.7. The van der Waals surface area contributed by atoms with Crippen LogP contribution in [0.1, 0.15) is 26.7 Å². The average Bonchev–Trinajstić information content (AvgIpc) is 2.07. The Bertz CT molecular complexity index is 257. The molecule has 0 aliphatic rings. The Morgan fingerprint density at radius 2 is 1.65 bits per heavy atom. The Morgan fingerprint density at radius 3 is 2.00 bits per heavy atom. The minimum absolute atomic E-state index is 0.00603. The van der Waals surface area contributed by atoms with E-state index in [2.05, 4.69) is 26.2 Å². The predicted molar refractivity (Wildman–Crippen MR) is 74.9 cm³/mol. The SMILES string of the molecule is CC(=O)C(CCC[Si](C)O[Si](C)(C)C)C(C)=O. The van der Waals surface area contributed by atoms with Gasteiger partial charge in [0.15, 0.2) is 17.4 Å². The van der Waals surface area contributed by atoms with E-state index in [1.807, 2.05) is 0 Å². The van der Waals surface area contributed by atoms with Gasteiger partial charge in [0.05, 0.1) is 5.92 Å². The van der Waals surface area contributed by atoms with Crippen LogP contribution >= 0.6 is 0 Å². The fraction of sp³-hybridized carbons (Fsp3) is 0.833. The minimum Gasteiger partial charge on any atom is -0.456 e. The quantitative estimate of drug-likeness (QED) is 0.504. The molecule has 0 aromatic rings. The van der Waals surface area contributed by atoms with Crippen LogP contribution < -0.4 is 0 Å². The molecule has 3 nitrogen and oxygen atoms in total. The van der Waals surface area contributed by atoms with Crippen molar-refractivity contribution in [3.05, 3.63) is 0 Å². The maximum Gasteiger partial charge on any atom is 0.194 e. The summed E-state index contributed by atoms with van der Waals surface area (Å²) in [7, 11) is -2.18. The monoisotopic (exact) mass is 273 g/mol. The van der Waals surface area contributed by atoms with Gasteiger partial charge in [-0.05, 0) is 52.5 Å². The van der Waals surface area contributed by atoms with Gasteiger partial charge in [-0.3, -0.25) is 9.59 Å². The standard InChI is InChI=1S/C12H25O3Si2/c1-10(13)12(11(2)14)8-7-9-16(3)15-17(4,5)6/h12H,7-9H2,1-6H3. The van der Waals surface area contributed by atoms with Crippen LogP contribution in [0.25, 0.3) is 0 Å². The lowest BCUT2D eigenvalue weighted by atomic mass is 9.96. The predicted octanol–water partition coefficient (Wildman–Crippen LogP) is 3.03. The lowest BCUT2D eigenvalue weighted by Crippen LogP contribution is -2.33. The van der Waals surface area contributed by atoms with Crippen molar-refractivity contribution in [3.8, 4) is 0 Å². The summed E-state index contributed by atoms with van der Waals surface area (Å²) in [5, 5.41) is 0. The van der Waals surface area contributed by atoms with Gasteiger partial charge in [-0.2, -0.15) is 0 Å². The van der Waals surface area contributed by atoms with Crippen molar-refractivity contribution in [1.82, 2.24) is 0 Å². The van der Waals surface area contributed by atoms with Gasteiger partial charge >= 0.3 is 0 Å². The van der Waals surface area contributed by atoms with Crippen molar-refractivity contribution in [2.24, 2.45) is 5.92 Å². The van der Waals surface area contributed by atoms with E-state index < -0.39 is 23.3 Å². The van der Waals surface area contributed by atoms with E-state index in [1.54, 1.807) is 0 Å². The van der Waals surface area contributed by atoms with E-state index in [0.29, 0.717) is 6.42 Å². The van der Waals surface area contributed by atoms with E-state index >= 15 is 0 Å². The minimum atomic E-state index is -1.43. The first-order valence-electron chi connectivity index (χ1n) is 6.16. The molecule has 5 heteroatoms. The van der Waals surface area contributed by atoms with Crippen molar-refractivity contribution in [2.75, 3.05) is 0 Å². The van der Waals surface area contributed by atoms with Crippen LogP contribution in [0.15, 0.2) is 0 Å². The summed E-state index contributed by atoms with van der Waals surface area (Å²) in [6, 6.07) is 1.02. The number of rotatable bonds is 8. The molecule has 0 aromatic carbocycles. The van der Waals surface area contributed by atoms with Gasteiger partial charge in [0.2, 0.25) is 0 Å². The van der Waals surface area contributed by atoms with E-state index in [9.17, 15) is 9.59 Å². The van der Waals surface area contributed by atoms with E-state index in [-0.39, 0.29) is 11.6 Å². The van der Waals surface area contributed by atoms with Crippen molar-refractivity contribution >= 4 is 28.9 Å². The lowest BCUT2D eigenvalue weighted by molar-refractivity contribution is -0.130. The average molecular weight is 274 g/mol. The molecule has 1 radical (unpaired) electrons. The van der Waals surface area contributed by atoms with Gasteiger partial charge in [-0.25, -0.2) is 0 Å². The van der Waals surface area contributed by atoms with E-state index in [4.69, 9.17) is 4.12 Å². The van der Waals surface area contributed by atoms with Gasteiger partial charge < -0.3 is 4.12 Å². The Hall–Kier alpha value is -0.266. The normalized spacial score (nSPS) is 12.2. The summed E-state index contributed by atoms with van der Waals surface area (Å²) in [6.45, 7) is 11.7. The molecule has 0 spiro atoms. The molecule has 0 aliphatic heterocycles. The molecule has 0 unspecified atom stereocenters. The summed E-state index contributed by atoms with van der Waals surface area (Å²) < 4.78 is 6.01. The third-order valence-electron chi connectivity index (χ3n) is 2.48. The van der Waals surface area contributed by atoms with Gasteiger partial charge in [0.25, 0.3) is 0 Å². The molecule has 0 saturated heterocycles. The van der Waals surface area contributed by atoms with Gasteiger partial charge in [0, 0.05) is 0 Å². The summed E-state index contributed by atoms with van der Waals surface area (Å²) in [6.07, 6.45) is 1.60. The maximum atomic E-state index is 11.3. The van der Waals surface area contributed by atoms with Crippen LogP contribution in [0.3, 0.4) is 0 Å². The second-order valence-corrected chi connectivity index (χ2v) is 12.5. The molecular weight excluding hydrogens is 248 g/mol. The number of carbonyl (C=O) groups is 2. The smallest absolute Gasteiger partial charge is 0.194 e. The number of carbonyl (C=O) groups excluding carboxylic acids is 2. The Kier molecular flexibility index (Phi) is 7.12. The highest BCUT2D eigenvalue weighted by molar-refractivity contribution is 6.77. The molecule has 0 saturated carbocycles. The fourth-order valence-corrected chi connectivity index (χ4v) is 7.11. The highest BCUT2D eigenvalue weighted by atomic mass is 28.4. The fourth-order valence-electron chi connectivity index (χ4n) is 1.82. The molecule has 0 aromatic heterocycles. The maximum absolute atomic E-state index is 11.3. The van der Waals surface area contributed by atoms with Gasteiger partial charge in [-0.15, -0.1) is 0 Å². The number of hydrogen-bond acceptors (Lipinski definition) is 3. The van der Waals surface area contributed by atoms with Crippen molar-refractivity contribution < 1.29 is 13.7 Å². The summed E-state index contributed by atoms with van der Waals surface area (Å²) in [5.74, 6) is -0.404. The second-order valence-electron chi connectivity index (χ2n) is 5.58. The molecule has 99 valence electrons. The van der Waals surface area contributed by atoms with Gasteiger partial charge in [-0.1, -0.05) is 6.42 Å². The molecule has 0 atom stereocenters.